The Hall–Kier alpha value is -1.16. The molecule has 96 valence electrons. The van der Waals surface area contributed by atoms with Gasteiger partial charge in [-0.25, -0.2) is 4.98 Å². The fraction of sp³-hybridized carbons (Fsp3) is 0.429. The van der Waals surface area contributed by atoms with Crippen molar-refractivity contribution in [3.05, 3.63) is 39.4 Å². The molecule has 1 unspecified atom stereocenters. The molecule has 0 fully saturated rings. The zero-order valence-corrected chi connectivity index (χ0v) is 12.3. The third-order valence-corrected chi connectivity index (χ3v) is 3.57. The molecule has 0 aliphatic carbocycles. The number of hydrogen-bond acceptors (Lipinski definition) is 2. The van der Waals surface area contributed by atoms with Crippen molar-refractivity contribution < 1.29 is 0 Å². The van der Waals surface area contributed by atoms with Gasteiger partial charge in [0.1, 0.15) is 0 Å². The van der Waals surface area contributed by atoms with Crippen molar-refractivity contribution in [2.45, 2.75) is 33.2 Å². The number of benzene rings is 1. The van der Waals surface area contributed by atoms with Crippen LogP contribution in [0.25, 0.3) is 10.9 Å². The maximum atomic E-state index is 12.3. The summed E-state index contributed by atoms with van der Waals surface area (Å²) in [6.45, 7) is 5.07. The van der Waals surface area contributed by atoms with Crippen molar-refractivity contribution in [2.24, 2.45) is 5.92 Å². The second kappa shape index (κ2) is 5.65. The summed E-state index contributed by atoms with van der Waals surface area (Å²) in [6, 6.07) is 5.58. The molecule has 18 heavy (non-hydrogen) atoms. The molecule has 1 aromatic heterocycles. The maximum absolute atomic E-state index is 12.3. The van der Waals surface area contributed by atoms with Crippen LogP contribution in [0.1, 0.15) is 26.7 Å². The molecule has 0 bridgehead atoms. The van der Waals surface area contributed by atoms with Crippen molar-refractivity contribution >= 4 is 26.8 Å². The summed E-state index contributed by atoms with van der Waals surface area (Å²) < 4.78 is 2.66. The Bertz CT molecular complexity index is 606. The molecule has 0 amide bonds. The van der Waals surface area contributed by atoms with Crippen molar-refractivity contribution in [2.75, 3.05) is 0 Å². The van der Waals surface area contributed by atoms with E-state index in [1.807, 2.05) is 18.2 Å². The molecule has 1 aromatic carbocycles. The SMILES string of the molecule is CCCC(C)Cn1cnc2cc(Br)ccc2c1=O. The molecular formula is C14H17BrN2O. The number of fused-ring (bicyclic) bond motifs is 1. The van der Waals surface area contributed by atoms with Crippen LogP contribution < -0.4 is 5.56 Å². The summed E-state index contributed by atoms with van der Waals surface area (Å²) in [7, 11) is 0. The van der Waals surface area contributed by atoms with Crippen LogP contribution in [0.2, 0.25) is 0 Å². The summed E-state index contributed by atoms with van der Waals surface area (Å²) in [5, 5.41) is 0.685. The van der Waals surface area contributed by atoms with E-state index in [-0.39, 0.29) is 5.56 Å². The fourth-order valence-electron chi connectivity index (χ4n) is 2.18. The summed E-state index contributed by atoms with van der Waals surface area (Å²) in [5.41, 5.74) is 0.796. The molecule has 3 nitrogen and oxygen atoms in total. The third kappa shape index (κ3) is 2.80. The lowest BCUT2D eigenvalue weighted by Gasteiger charge is -2.12. The van der Waals surface area contributed by atoms with Gasteiger partial charge in [0.25, 0.3) is 5.56 Å². The molecule has 1 atom stereocenters. The molecule has 0 radical (unpaired) electrons. The zero-order chi connectivity index (χ0) is 13.1. The Morgan fingerprint density at radius 3 is 2.94 bits per heavy atom. The smallest absolute Gasteiger partial charge is 0.261 e. The highest BCUT2D eigenvalue weighted by Gasteiger charge is 2.07. The second-order valence-electron chi connectivity index (χ2n) is 4.76. The minimum absolute atomic E-state index is 0.0513. The van der Waals surface area contributed by atoms with Gasteiger partial charge in [-0.2, -0.15) is 0 Å². The molecule has 1 heterocycles. The molecule has 4 heteroatoms. The van der Waals surface area contributed by atoms with Gasteiger partial charge in [0.2, 0.25) is 0 Å². The van der Waals surface area contributed by atoms with Crippen LogP contribution in [0, 0.1) is 5.92 Å². The monoisotopic (exact) mass is 308 g/mol. The summed E-state index contributed by atoms with van der Waals surface area (Å²) in [5.74, 6) is 0.502. The first-order valence-electron chi connectivity index (χ1n) is 6.26. The lowest BCUT2D eigenvalue weighted by Crippen LogP contribution is -2.23. The van der Waals surface area contributed by atoms with Crippen LogP contribution in [0.5, 0.6) is 0 Å². The van der Waals surface area contributed by atoms with Gasteiger partial charge < -0.3 is 0 Å². The van der Waals surface area contributed by atoms with Crippen molar-refractivity contribution in [3.8, 4) is 0 Å². The maximum Gasteiger partial charge on any atom is 0.261 e. The number of aromatic nitrogens is 2. The predicted octanol–water partition coefficient (Wildman–Crippen LogP) is 3.60. The molecule has 0 aliphatic heterocycles. The van der Waals surface area contributed by atoms with Crippen LogP contribution >= 0.6 is 15.9 Å². The third-order valence-electron chi connectivity index (χ3n) is 3.08. The Kier molecular flexibility index (Phi) is 4.17. The molecule has 0 saturated carbocycles. The van der Waals surface area contributed by atoms with Crippen molar-refractivity contribution in [3.63, 3.8) is 0 Å². The largest absolute Gasteiger partial charge is 0.298 e. The molecule has 2 rings (SSSR count). The van der Waals surface area contributed by atoms with Crippen molar-refractivity contribution in [1.82, 2.24) is 9.55 Å². The van der Waals surface area contributed by atoms with E-state index in [1.165, 1.54) is 0 Å². The van der Waals surface area contributed by atoms with Crippen LogP contribution in [0.4, 0.5) is 0 Å². The Balaban J connectivity index is 2.39. The molecule has 0 spiro atoms. The minimum Gasteiger partial charge on any atom is -0.298 e. The lowest BCUT2D eigenvalue weighted by atomic mass is 10.1. The number of halogens is 1. The van der Waals surface area contributed by atoms with Gasteiger partial charge >= 0.3 is 0 Å². The Morgan fingerprint density at radius 2 is 2.22 bits per heavy atom. The lowest BCUT2D eigenvalue weighted by molar-refractivity contribution is 0.437. The fourth-order valence-corrected chi connectivity index (χ4v) is 2.53. The molecule has 2 aromatic rings. The highest BCUT2D eigenvalue weighted by molar-refractivity contribution is 9.10. The van der Waals surface area contributed by atoms with E-state index in [1.54, 1.807) is 10.9 Å². The average molecular weight is 309 g/mol. The highest BCUT2D eigenvalue weighted by atomic mass is 79.9. The van der Waals surface area contributed by atoms with Gasteiger partial charge in [0.05, 0.1) is 17.2 Å². The van der Waals surface area contributed by atoms with Crippen molar-refractivity contribution in [1.29, 1.82) is 0 Å². The van der Waals surface area contributed by atoms with E-state index in [2.05, 4.69) is 34.8 Å². The molecule has 0 saturated heterocycles. The first kappa shape index (κ1) is 13.3. The summed E-state index contributed by atoms with van der Waals surface area (Å²) >= 11 is 3.39. The first-order valence-corrected chi connectivity index (χ1v) is 7.05. The number of hydrogen-bond donors (Lipinski definition) is 0. The molecular weight excluding hydrogens is 292 g/mol. The number of nitrogens with zero attached hydrogens (tertiary/aromatic N) is 2. The van der Waals surface area contributed by atoms with E-state index < -0.39 is 0 Å². The minimum atomic E-state index is 0.0513. The Morgan fingerprint density at radius 1 is 1.44 bits per heavy atom. The van der Waals surface area contributed by atoms with E-state index in [9.17, 15) is 4.79 Å². The van der Waals surface area contributed by atoms with E-state index in [4.69, 9.17) is 0 Å². The van der Waals surface area contributed by atoms with Gasteiger partial charge in [0, 0.05) is 11.0 Å². The summed E-state index contributed by atoms with van der Waals surface area (Å²) in [4.78, 5) is 16.6. The average Bonchev–Trinajstić information content (AvgIpc) is 2.33. The van der Waals surface area contributed by atoms with Gasteiger partial charge in [-0.15, -0.1) is 0 Å². The van der Waals surface area contributed by atoms with Gasteiger partial charge in [0.15, 0.2) is 0 Å². The van der Waals surface area contributed by atoms with E-state index >= 15 is 0 Å². The zero-order valence-electron chi connectivity index (χ0n) is 10.7. The van der Waals surface area contributed by atoms with E-state index in [0.29, 0.717) is 11.3 Å². The topological polar surface area (TPSA) is 34.9 Å². The first-order chi connectivity index (χ1) is 8.61. The van der Waals surface area contributed by atoms with Crippen LogP contribution in [0.3, 0.4) is 0 Å². The predicted molar refractivity (Wildman–Crippen MR) is 77.8 cm³/mol. The van der Waals surface area contributed by atoms with E-state index in [0.717, 1.165) is 29.4 Å². The highest BCUT2D eigenvalue weighted by Crippen LogP contribution is 2.15. The Labute approximate surface area is 115 Å². The van der Waals surface area contributed by atoms with Crippen LogP contribution in [-0.2, 0) is 6.54 Å². The molecule has 0 N–H and O–H groups in total. The summed E-state index contributed by atoms with van der Waals surface area (Å²) in [6.07, 6.45) is 3.93. The van der Waals surface area contributed by atoms with Gasteiger partial charge in [-0.3, -0.25) is 9.36 Å². The standard InChI is InChI=1S/C14H17BrN2O/c1-3-4-10(2)8-17-9-16-13-7-11(15)5-6-12(13)14(17)18/h5-7,9-10H,3-4,8H2,1-2H3. The normalized spacial score (nSPS) is 12.8. The van der Waals surface area contributed by atoms with Gasteiger partial charge in [-0.1, -0.05) is 36.2 Å². The quantitative estimate of drug-likeness (QED) is 0.865. The second-order valence-corrected chi connectivity index (χ2v) is 5.67. The van der Waals surface area contributed by atoms with Crippen LogP contribution in [0.15, 0.2) is 33.8 Å². The van der Waals surface area contributed by atoms with Crippen LogP contribution in [-0.4, -0.2) is 9.55 Å². The molecule has 0 aliphatic rings. The number of rotatable bonds is 4. The van der Waals surface area contributed by atoms with Gasteiger partial charge in [-0.05, 0) is 30.5 Å².